The highest BCUT2D eigenvalue weighted by atomic mass is 16.9. The molecule has 0 rings (SSSR count). The van der Waals surface area contributed by atoms with Crippen molar-refractivity contribution in [1.82, 2.24) is 18.5 Å². The van der Waals surface area contributed by atoms with Gasteiger partial charge in [0.1, 0.15) is 12.2 Å². The van der Waals surface area contributed by atoms with Crippen LogP contribution in [0.25, 0.3) is 0 Å². The zero-order valence-corrected chi connectivity index (χ0v) is 9.35. The van der Waals surface area contributed by atoms with E-state index >= 15 is 0 Å². The van der Waals surface area contributed by atoms with Crippen molar-refractivity contribution < 1.29 is 35.1 Å². The first-order valence-electron chi connectivity index (χ1n) is 2.79. The monoisotopic (exact) mass is 264 g/mol. The first kappa shape index (κ1) is 29.4. The number of quaternary nitrogens is 3. The largest absolute Gasteiger partial charge is 0.547 e. The van der Waals surface area contributed by atoms with E-state index in [1.807, 2.05) is 0 Å². The summed E-state index contributed by atoms with van der Waals surface area (Å²) in [5.41, 5.74) is 0. The summed E-state index contributed by atoms with van der Waals surface area (Å²) in [5, 5.41) is 50.5. The smallest absolute Gasteiger partial charge is 0.124 e. The van der Waals surface area contributed by atoms with Crippen LogP contribution in [0.15, 0.2) is 0 Å². The third-order valence-electron chi connectivity index (χ3n) is 0.782. The molecule has 0 aliphatic rings. The zero-order valence-electron chi connectivity index (χ0n) is 9.35. The molecule has 2 atom stereocenters. The molecular formula is C4H16N4O9. The van der Waals surface area contributed by atoms with Gasteiger partial charge in [-0.05, 0) is 0 Å². The van der Waals surface area contributed by atoms with Gasteiger partial charge in [0.2, 0.25) is 0 Å². The topological polar surface area (TPSA) is 296 Å². The van der Waals surface area contributed by atoms with Gasteiger partial charge in [-0.25, -0.2) is 0 Å². The van der Waals surface area contributed by atoms with E-state index in [9.17, 15) is 19.8 Å². The zero-order chi connectivity index (χ0) is 11.9. The lowest BCUT2D eigenvalue weighted by atomic mass is 10.2. The van der Waals surface area contributed by atoms with Gasteiger partial charge >= 0.3 is 0 Å². The van der Waals surface area contributed by atoms with Gasteiger partial charge in [-0.2, -0.15) is 0 Å². The number of aliphatic hydroxyl groups is 2. The van der Waals surface area contributed by atoms with Crippen LogP contribution in [0.3, 0.4) is 0 Å². The summed E-state index contributed by atoms with van der Waals surface area (Å²) in [6.07, 6.45) is -4.88. The molecule has 0 aromatic heterocycles. The summed E-state index contributed by atoms with van der Waals surface area (Å²) in [7, 11) is 0. The SMILES string of the molecule is O=C([O-])C(O)C(O)C(=O)[O-].O=[N+]([O-])[O-].[NH4+].[NH4+].[NH4+]. The number of carboxylic acids is 2. The normalized spacial score (nSPS) is 10.7. The Morgan fingerprint density at radius 2 is 1.00 bits per heavy atom. The second kappa shape index (κ2) is 13.9. The van der Waals surface area contributed by atoms with E-state index in [-0.39, 0.29) is 18.5 Å². The fourth-order valence-electron chi connectivity index (χ4n) is 0.258. The molecule has 0 aromatic carbocycles. The summed E-state index contributed by atoms with van der Waals surface area (Å²) in [4.78, 5) is 27.5. The van der Waals surface area contributed by atoms with Crippen LogP contribution >= 0.6 is 0 Å². The number of nitrogens with zero attached hydrogens (tertiary/aromatic N) is 1. The molecule has 13 nitrogen and oxygen atoms in total. The number of carbonyl (C=O) groups is 2. The van der Waals surface area contributed by atoms with Crippen LogP contribution in [-0.4, -0.2) is 39.4 Å². The van der Waals surface area contributed by atoms with Crippen molar-refractivity contribution >= 4 is 11.9 Å². The van der Waals surface area contributed by atoms with Crippen molar-refractivity contribution in [3.8, 4) is 0 Å². The lowest BCUT2D eigenvalue weighted by Crippen LogP contribution is -2.51. The van der Waals surface area contributed by atoms with Crippen LogP contribution < -0.4 is 28.7 Å². The maximum absolute atomic E-state index is 9.63. The molecule has 0 aliphatic heterocycles. The molecule has 0 saturated heterocycles. The third kappa shape index (κ3) is 20.1. The predicted molar refractivity (Wildman–Crippen MR) is 50.3 cm³/mol. The van der Waals surface area contributed by atoms with Gasteiger partial charge in [0, 0.05) is 0 Å². The minimum absolute atomic E-state index is 0. The van der Waals surface area contributed by atoms with Crippen molar-refractivity contribution in [2.24, 2.45) is 0 Å². The highest BCUT2D eigenvalue weighted by Crippen LogP contribution is 1.88. The van der Waals surface area contributed by atoms with Crippen LogP contribution in [0, 0.1) is 15.3 Å². The third-order valence-corrected chi connectivity index (χ3v) is 0.782. The van der Waals surface area contributed by atoms with E-state index in [1.54, 1.807) is 0 Å². The summed E-state index contributed by atoms with van der Waals surface area (Å²) >= 11 is 0. The van der Waals surface area contributed by atoms with Crippen molar-refractivity contribution in [2.75, 3.05) is 0 Å². The lowest BCUT2D eigenvalue weighted by Gasteiger charge is -2.18. The Morgan fingerprint density at radius 3 is 1.06 bits per heavy atom. The Morgan fingerprint density at radius 1 is 0.882 bits per heavy atom. The molecule has 14 N–H and O–H groups in total. The molecule has 0 aromatic rings. The summed E-state index contributed by atoms with van der Waals surface area (Å²) in [6.45, 7) is 0. The quantitative estimate of drug-likeness (QED) is 0.245. The van der Waals surface area contributed by atoms with Gasteiger partial charge in [-0.15, -0.1) is 0 Å². The van der Waals surface area contributed by atoms with Crippen LogP contribution in [0.5, 0.6) is 0 Å². The number of aliphatic hydroxyl groups excluding tert-OH is 2. The molecule has 106 valence electrons. The first-order valence-corrected chi connectivity index (χ1v) is 2.79. The number of carbonyl (C=O) groups excluding carboxylic acids is 2. The second-order valence-electron chi connectivity index (χ2n) is 1.75. The van der Waals surface area contributed by atoms with Crippen LogP contribution in [0.2, 0.25) is 0 Å². The summed E-state index contributed by atoms with van der Waals surface area (Å²) < 4.78 is 0. The molecule has 0 aliphatic carbocycles. The second-order valence-corrected chi connectivity index (χ2v) is 1.75. The molecule has 0 spiro atoms. The molecule has 0 saturated carbocycles. The Kier molecular flexibility index (Phi) is 24.1. The Balaban J connectivity index is -0.0000000607. The highest BCUT2D eigenvalue weighted by Gasteiger charge is 2.17. The lowest BCUT2D eigenvalue weighted by molar-refractivity contribution is -0.402. The molecule has 0 bridgehead atoms. The van der Waals surface area contributed by atoms with E-state index in [0.717, 1.165) is 0 Å². The number of rotatable bonds is 3. The maximum atomic E-state index is 9.63. The van der Waals surface area contributed by atoms with Gasteiger partial charge < -0.3 is 63.8 Å². The number of hydrogen-bond acceptors (Lipinski definition) is 9. The Hall–Kier alpha value is -2.06. The van der Waals surface area contributed by atoms with E-state index in [4.69, 9.17) is 25.5 Å². The maximum Gasteiger partial charge on any atom is 0.124 e. The van der Waals surface area contributed by atoms with Crippen molar-refractivity contribution in [1.29, 1.82) is 0 Å². The van der Waals surface area contributed by atoms with Gasteiger partial charge in [0.15, 0.2) is 0 Å². The van der Waals surface area contributed by atoms with Crippen molar-refractivity contribution in [3.63, 3.8) is 0 Å². The molecule has 13 heteroatoms. The van der Waals surface area contributed by atoms with Crippen LogP contribution in [0.1, 0.15) is 0 Å². The molecule has 0 heterocycles. The van der Waals surface area contributed by atoms with Gasteiger partial charge in [0.25, 0.3) is 0 Å². The first-order chi connectivity index (χ1) is 6.20. The Bertz CT molecular complexity index is 211. The summed E-state index contributed by atoms with van der Waals surface area (Å²) in [6, 6.07) is 0. The average molecular weight is 264 g/mol. The van der Waals surface area contributed by atoms with Crippen LogP contribution in [-0.2, 0) is 9.59 Å². The number of hydrogen-bond donors (Lipinski definition) is 5. The predicted octanol–water partition coefficient (Wildman–Crippen LogP) is -3.90. The van der Waals surface area contributed by atoms with E-state index in [1.165, 1.54) is 0 Å². The fourth-order valence-corrected chi connectivity index (χ4v) is 0.258. The van der Waals surface area contributed by atoms with Crippen LogP contribution in [0.4, 0.5) is 0 Å². The Labute approximate surface area is 94.1 Å². The number of aliphatic carboxylic acids is 2. The van der Waals surface area contributed by atoms with Crippen molar-refractivity contribution in [2.45, 2.75) is 12.2 Å². The molecule has 0 amide bonds. The van der Waals surface area contributed by atoms with Crippen molar-refractivity contribution in [3.05, 3.63) is 15.3 Å². The molecule has 2 unspecified atom stereocenters. The van der Waals surface area contributed by atoms with Gasteiger partial charge in [-0.3, -0.25) is 0 Å². The molecular weight excluding hydrogens is 248 g/mol. The average Bonchev–Trinajstić information content (AvgIpc) is 2.00. The standard InChI is InChI=1S/C4H6O6.NO3.3H3N/c5-1(3(7)8)2(6)4(9)10;2-1(3)4;;;/h1-2,5-6H,(H,7,8)(H,9,10);;3*1H3/q;-1;;;/p+1. The molecule has 17 heavy (non-hydrogen) atoms. The van der Waals surface area contributed by atoms with Gasteiger partial charge in [0.05, 0.1) is 17.0 Å². The minimum Gasteiger partial charge on any atom is -0.547 e. The highest BCUT2D eigenvalue weighted by molar-refractivity contribution is 5.80. The molecule has 0 radical (unpaired) electrons. The van der Waals surface area contributed by atoms with E-state index < -0.39 is 29.2 Å². The summed E-state index contributed by atoms with van der Waals surface area (Å²) in [5.74, 6) is -4.12. The fraction of sp³-hybridized carbons (Fsp3) is 0.500. The molecule has 0 fully saturated rings. The number of carboxylic acid groups (broad SMARTS) is 2. The van der Waals surface area contributed by atoms with Gasteiger partial charge in [-0.1, -0.05) is 0 Å². The minimum atomic E-state index is -2.44. The van der Waals surface area contributed by atoms with E-state index in [2.05, 4.69) is 0 Å². The van der Waals surface area contributed by atoms with E-state index in [0.29, 0.717) is 0 Å².